The van der Waals surface area contributed by atoms with E-state index in [9.17, 15) is 9.59 Å². The van der Waals surface area contributed by atoms with Crippen LogP contribution in [0.15, 0.2) is 0 Å². The van der Waals surface area contributed by atoms with Crippen molar-refractivity contribution in [3.05, 3.63) is 11.4 Å². The Labute approximate surface area is 105 Å². The van der Waals surface area contributed by atoms with Crippen LogP contribution in [-0.4, -0.2) is 28.6 Å². The topological polar surface area (TPSA) is 127 Å². The molecule has 0 bridgehead atoms. The number of nitrogen functional groups attached to an aromatic ring is 1. The fourth-order valence-electron chi connectivity index (χ4n) is 1.30. The first-order valence-electron chi connectivity index (χ1n) is 5.70. The van der Waals surface area contributed by atoms with Gasteiger partial charge in [-0.2, -0.15) is 5.10 Å². The van der Waals surface area contributed by atoms with Gasteiger partial charge >= 0.3 is 0 Å². The number of nitrogens with two attached hydrogens (primary N) is 2. The number of anilines is 1. The first kappa shape index (κ1) is 14.0. The van der Waals surface area contributed by atoms with E-state index in [1.165, 1.54) is 0 Å². The van der Waals surface area contributed by atoms with Crippen molar-refractivity contribution in [1.29, 1.82) is 0 Å². The molecule has 1 aromatic rings. The molecule has 1 aromatic heterocycles. The van der Waals surface area contributed by atoms with E-state index < -0.39 is 17.2 Å². The Morgan fingerprint density at radius 2 is 2.06 bits per heavy atom. The predicted molar refractivity (Wildman–Crippen MR) is 67.7 cm³/mol. The normalized spacial score (nSPS) is 11.3. The lowest BCUT2D eigenvalue weighted by molar-refractivity contribution is -0.125. The molecule has 0 fully saturated rings. The van der Waals surface area contributed by atoms with Gasteiger partial charge in [0.05, 0.1) is 16.8 Å². The number of aromatic amines is 1. The summed E-state index contributed by atoms with van der Waals surface area (Å²) < 4.78 is 0. The maximum atomic E-state index is 11.8. The SMILES string of the molecule is CCc1[nH]nc(C(=O)NCC(C)(C)C(N)=O)c1N. The van der Waals surface area contributed by atoms with Gasteiger partial charge in [0.15, 0.2) is 5.69 Å². The Hall–Kier alpha value is -2.05. The number of carbonyl (C=O) groups excluding carboxylic acids is 2. The number of nitrogens with one attached hydrogen (secondary N) is 2. The highest BCUT2D eigenvalue weighted by Crippen LogP contribution is 2.16. The Bertz CT molecular complexity index is 464. The van der Waals surface area contributed by atoms with Gasteiger partial charge in [0.1, 0.15) is 0 Å². The monoisotopic (exact) mass is 253 g/mol. The Balaban J connectivity index is 2.72. The van der Waals surface area contributed by atoms with Gasteiger partial charge in [0, 0.05) is 6.54 Å². The first-order chi connectivity index (χ1) is 8.29. The lowest BCUT2D eigenvalue weighted by Gasteiger charge is -2.20. The van der Waals surface area contributed by atoms with Crippen LogP contribution in [-0.2, 0) is 11.2 Å². The minimum Gasteiger partial charge on any atom is -0.395 e. The zero-order valence-corrected chi connectivity index (χ0v) is 10.8. The van der Waals surface area contributed by atoms with Gasteiger partial charge in [-0.1, -0.05) is 6.92 Å². The minimum absolute atomic E-state index is 0.134. The summed E-state index contributed by atoms with van der Waals surface area (Å²) in [6.45, 7) is 5.35. The van der Waals surface area contributed by atoms with Crippen molar-refractivity contribution in [3.63, 3.8) is 0 Å². The number of aryl methyl sites for hydroxylation is 1. The number of H-pyrrole nitrogens is 1. The van der Waals surface area contributed by atoms with Gasteiger partial charge < -0.3 is 16.8 Å². The van der Waals surface area contributed by atoms with Crippen LogP contribution in [0.25, 0.3) is 0 Å². The molecule has 0 spiro atoms. The number of aromatic nitrogens is 2. The van der Waals surface area contributed by atoms with Gasteiger partial charge in [0.25, 0.3) is 5.91 Å². The molecule has 0 radical (unpaired) electrons. The van der Waals surface area contributed by atoms with Crippen LogP contribution in [0.5, 0.6) is 0 Å². The number of primary amides is 1. The summed E-state index contributed by atoms with van der Waals surface area (Å²) >= 11 is 0. The smallest absolute Gasteiger partial charge is 0.273 e. The Morgan fingerprint density at radius 3 is 2.50 bits per heavy atom. The number of hydrogen-bond acceptors (Lipinski definition) is 4. The van der Waals surface area contributed by atoms with Gasteiger partial charge in [0.2, 0.25) is 5.91 Å². The summed E-state index contributed by atoms with van der Waals surface area (Å²) in [7, 11) is 0. The highest BCUT2D eigenvalue weighted by atomic mass is 16.2. The van der Waals surface area contributed by atoms with E-state index >= 15 is 0 Å². The molecule has 0 aliphatic carbocycles. The molecule has 1 rings (SSSR count). The van der Waals surface area contributed by atoms with E-state index in [1.54, 1.807) is 13.8 Å². The first-order valence-corrected chi connectivity index (χ1v) is 5.70. The van der Waals surface area contributed by atoms with Crippen LogP contribution in [0.2, 0.25) is 0 Å². The molecule has 18 heavy (non-hydrogen) atoms. The number of amides is 2. The Kier molecular flexibility index (Phi) is 3.95. The molecule has 100 valence electrons. The maximum absolute atomic E-state index is 11.8. The molecular weight excluding hydrogens is 234 g/mol. The van der Waals surface area contributed by atoms with Crippen molar-refractivity contribution in [1.82, 2.24) is 15.5 Å². The van der Waals surface area contributed by atoms with E-state index in [2.05, 4.69) is 15.5 Å². The van der Waals surface area contributed by atoms with Gasteiger partial charge in [-0.3, -0.25) is 14.7 Å². The molecule has 0 saturated heterocycles. The number of nitrogens with zero attached hydrogens (tertiary/aromatic N) is 1. The van der Waals surface area contributed by atoms with Crippen molar-refractivity contribution >= 4 is 17.5 Å². The Morgan fingerprint density at radius 1 is 1.44 bits per heavy atom. The number of hydrogen-bond donors (Lipinski definition) is 4. The highest BCUT2D eigenvalue weighted by molar-refractivity contribution is 5.98. The van der Waals surface area contributed by atoms with Crippen molar-refractivity contribution in [2.24, 2.45) is 11.1 Å². The fraction of sp³-hybridized carbons (Fsp3) is 0.545. The summed E-state index contributed by atoms with van der Waals surface area (Å²) in [5.74, 6) is -0.898. The van der Waals surface area contributed by atoms with Crippen LogP contribution in [0, 0.1) is 5.41 Å². The van der Waals surface area contributed by atoms with Gasteiger partial charge in [-0.15, -0.1) is 0 Å². The maximum Gasteiger partial charge on any atom is 0.273 e. The molecule has 7 nitrogen and oxygen atoms in total. The van der Waals surface area contributed by atoms with E-state index in [1.807, 2.05) is 6.92 Å². The standard InChI is InChI=1S/C11H19N5O2/c1-4-6-7(12)8(16-15-6)9(17)14-5-11(2,3)10(13)18/h4-5,12H2,1-3H3,(H2,13,18)(H,14,17)(H,15,16). The molecule has 7 heteroatoms. The molecule has 0 aliphatic rings. The molecular formula is C11H19N5O2. The number of carbonyl (C=O) groups is 2. The second kappa shape index (κ2) is 5.07. The largest absolute Gasteiger partial charge is 0.395 e. The molecule has 0 unspecified atom stereocenters. The fourth-order valence-corrected chi connectivity index (χ4v) is 1.30. The van der Waals surface area contributed by atoms with Crippen molar-refractivity contribution in [2.45, 2.75) is 27.2 Å². The van der Waals surface area contributed by atoms with Crippen LogP contribution in [0.4, 0.5) is 5.69 Å². The number of rotatable bonds is 5. The molecule has 0 aliphatic heterocycles. The van der Waals surface area contributed by atoms with E-state index in [4.69, 9.17) is 11.5 Å². The second-order valence-corrected chi connectivity index (χ2v) is 4.75. The molecule has 0 saturated carbocycles. The molecule has 6 N–H and O–H groups in total. The zero-order valence-electron chi connectivity index (χ0n) is 10.8. The third kappa shape index (κ3) is 2.79. The van der Waals surface area contributed by atoms with Crippen LogP contribution in [0.3, 0.4) is 0 Å². The highest BCUT2D eigenvalue weighted by Gasteiger charge is 2.26. The summed E-state index contributed by atoms with van der Waals surface area (Å²) in [6.07, 6.45) is 0.666. The minimum atomic E-state index is -0.811. The average molecular weight is 253 g/mol. The van der Waals surface area contributed by atoms with E-state index in [0.717, 1.165) is 0 Å². The quantitative estimate of drug-likeness (QED) is 0.579. The summed E-state index contributed by atoms with van der Waals surface area (Å²) in [4.78, 5) is 23.0. The summed E-state index contributed by atoms with van der Waals surface area (Å²) in [5, 5.41) is 9.15. The van der Waals surface area contributed by atoms with Crippen LogP contribution in [0.1, 0.15) is 37.0 Å². The predicted octanol–water partition coefficient (Wildman–Crippen LogP) is -0.204. The third-order valence-electron chi connectivity index (χ3n) is 2.81. The molecule has 0 aromatic carbocycles. The molecule has 0 atom stereocenters. The third-order valence-corrected chi connectivity index (χ3v) is 2.81. The van der Waals surface area contributed by atoms with Gasteiger partial charge in [-0.05, 0) is 20.3 Å². The van der Waals surface area contributed by atoms with E-state index in [0.29, 0.717) is 17.8 Å². The van der Waals surface area contributed by atoms with Crippen LogP contribution < -0.4 is 16.8 Å². The van der Waals surface area contributed by atoms with Gasteiger partial charge in [-0.25, -0.2) is 0 Å². The lowest BCUT2D eigenvalue weighted by atomic mass is 9.93. The van der Waals surface area contributed by atoms with Crippen LogP contribution >= 0.6 is 0 Å². The lowest BCUT2D eigenvalue weighted by Crippen LogP contribution is -2.42. The second-order valence-electron chi connectivity index (χ2n) is 4.75. The van der Waals surface area contributed by atoms with Crippen molar-refractivity contribution in [2.75, 3.05) is 12.3 Å². The van der Waals surface area contributed by atoms with Crippen molar-refractivity contribution < 1.29 is 9.59 Å². The average Bonchev–Trinajstić information content (AvgIpc) is 2.67. The molecule has 1 heterocycles. The van der Waals surface area contributed by atoms with E-state index in [-0.39, 0.29) is 12.2 Å². The zero-order chi connectivity index (χ0) is 13.9. The molecule has 2 amide bonds. The summed E-state index contributed by atoms with van der Waals surface area (Å²) in [5.41, 5.74) is 11.4. The summed E-state index contributed by atoms with van der Waals surface area (Å²) in [6, 6.07) is 0. The van der Waals surface area contributed by atoms with Crippen molar-refractivity contribution in [3.8, 4) is 0 Å².